The maximum Gasteiger partial charge on any atom is 0.266 e. The van der Waals surface area contributed by atoms with Crippen molar-refractivity contribution in [2.75, 3.05) is 6.54 Å². The zero-order valence-corrected chi connectivity index (χ0v) is 18.1. The summed E-state index contributed by atoms with van der Waals surface area (Å²) in [5, 5.41) is 7.13. The molecule has 1 aliphatic heterocycles. The van der Waals surface area contributed by atoms with E-state index in [9.17, 15) is 4.79 Å². The van der Waals surface area contributed by atoms with E-state index in [1.54, 1.807) is 23.4 Å². The van der Waals surface area contributed by atoms with Gasteiger partial charge in [0.05, 0.1) is 30.1 Å². The van der Waals surface area contributed by atoms with Crippen molar-refractivity contribution in [3.05, 3.63) is 83.4 Å². The molecule has 1 atom stereocenters. The van der Waals surface area contributed by atoms with Crippen LogP contribution >= 0.6 is 11.3 Å². The number of rotatable bonds is 3. The van der Waals surface area contributed by atoms with Crippen molar-refractivity contribution in [2.24, 2.45) is 7.05 Å². The van der Waals surface area contributed by atoms with Crippen LogP contribution < -0.4 is 0 Å². The van der Waals surface area contributed by atoms with Crippen LogP contribution in [-0.2, 0) is 13.5 Å². The predicted molar refractivity (Wildman–Crippen MR) is 121 cm³/mol. The third kappa shape index (κ3) is 3.09. The van der Waals surface area contributed by atoms with Gasteiger partial charge in [0.2, 0.25) is 0 Å². The average molecular weight is 442 g/mol. The van der Waals surface area contributed by atoms with Crippen molar-refractivity contribution in [3.63, 3.8) is 0 Å². The molecule has 1 N–H and O–H groups in total. The Balaban J connectivity index is 1.40. The Labute approximate surface area is 187 Å². The minimum absolute atomic E-state index is 0.0637. The van der Waals surface area contributed by atoms with Gasteiger partial charge in [-0.3, -0.25) is 14.5 Å². The second-order valence-corrected chi connectivity index (χ2v) is 8.84. The lowest BCUT2D eigenvalue weighted by molar-refractivity contribution is 0.0692. The van der Waals surface area contributed by atoms with Crippen LogP contribution in [0.1, 0.15) is 32.8 Å². The van der Waals surface area contributed by atoms with Crippen molar-refractivity contribution in [2.45, 2.75) is 12.5 Å². The number of hydrogen-bond donors (Lipinski definition) is 1. The number of carbonyl (C=O) groups excluding carboxylic acids is 1. The molecule has 5 heterocycles. The maximum atomic E-state index is 13.6. The van der Waals surface area contributed by atoms with E-state index >= 15 is 0 Å². The largest absolute Gasteiger partial charge is 0.348 e. The number of imidazole rings is 1. The normalized spacial score (nSPS) is 15.8. The molecule has 0 radical (unpaired) electrons. The molecule has 158 valence electrons. The van der Waals surface area contributed by atoms with Crippen LogP contribution in [0.3, 0.4) is 0 Å². The number of fused-ring (bicyclic) bond motifs is 2. The fourth-order valence-corrected chi connectivity index (χ4v) is 5.07. The summed E-state index contributed by atoms with van der Waals surface area (Å²) in [7, 11) is 1.86. The van der Waals surface area contributed by atoms with Gasteiger partial charge in [-0.1, -0.05) is 24.3 Å². The first-order chi connectivity index (χ1) is 15.7. The Kier molecular flexibility index (Phi) is 4.36. The van der Waals surface area contributed by atoms with Gasteiger partial charge in [0.1, 0.15) is 15.9 Å². The molecule has 0 saturated carbocycles. The van der Waals surface area contributed by atoms with Gasteiger partial charge < -0.3 is 9.88 Å². The standard InChI is InChI=1S/C23H19N7OS/c1-29-12-16(10-28-29)22-25-11-19(32-22)23(31)30-7-6-17-20(27-13-26-17)21(30)18-8-14-4-2-3-5-15(14)9-24-18/h2-5,8-13,21H,6-7H2,1H3,(H,26,27)/t21-/m1/s1. The van der Waals surface area contributed by atoms with Gasteiger partial charge in [-0.25, -0.2) is 9.97 Å². The van der Waals surface area contributed by atoms with Crippen molar-refractivity contribution < 1.29 is 4.79 Å². The average Bonchev–Trinajstić information content (AvgIpc) is 3.58. The molecule has 0 bridgehead atoms. The van der Waals surface area contributed by atoms with Gasteiger partial charge in [0.15, 0.2) is 0 Å². The zero-order valence-electron chi connectivity index (χ0n) is 17.3. The van der Waals surface area contributed by atoms with Gasteiger partial charge in [0, 0.05) is 49.1 Å². The first-order valence-corrected chi connectivity index (χ1v) is 11.1. The predicted octanol–water partition coefficient (Wildman–Crippen LogP) is 3.60. The highest BCUT2D eigenvalue weighted by molar-refractivity contribution is 7.16. The number of hydrogen-bond acceptors (Lipinski definition) is 6. The Bertz CT molecular complexity index is 1450. The summed E-state index contributed by atoms with van der Waals surface area (Å²) in [5.74, 6) is -0.0637. The van der Waals surface area contributed by atoms with E-state index in [0.717, 1.165) is 44.8 Å². The fraction of sp³-hybridized carbons (Fsp3) is 0.174. The summed E-state index contributed by atoms with van der Waals surface area (Å²) in [4.78, 5) is 33.1. The lowest BCUT2D eigenvalue weighted by Gasteiger charge is -2.34. The number of nitrogens with one attached hydrogen (secondary N) is 1. The number of amides is 1. The Hall–Kier alpha value is -3.85. The first-order valence-electron chi connectivity index (χ1n) is 10.3. The molecule has 8 nitrogen and oxygen atoms in total. The van der Waals surface area contributed by atoms with Crippen LogP contribution in [0.5, 0.6) is 0 Å². The SMILES string of the molecule is Cn1cc(-c2ncc(C(=O)N3CCc4[nH]cnc4[C@H]3c3cc4ccccc4cn3)s2)cn1. The molecule has 5 aromatic rings. The molecule has 0 fully saturated rings. The Morgan fingerprint density at radius 1 is 1.12 bits per heavy atom. The summed E-state index contributed by atoms with van der Waals surface area (Å²) >= 11 is 1.38. The monoisotopic (exact) mass is 441 g/mol. The molecule has 0 spiro atoms. The van der Waals surface area contributed by atoms with Crippen molar-refractivity contribution in [1.82, 2.24) is 34.6 Å². The highest BCUT2D eigenvalue weighted by Crippen LogP contribution is 2.36. The molecular weight excluding hydrogens is 422 g/mol. The second-order valence-electron chi connectivity index (χ2n) is 7.81. The number of nitrogens with zero attached hydrogens (tertiary/aromatic N) is 6. The van der Waals surface area contributed by atoms with Gasteiger partial charge in [-0.15, -0.1) is 11.3 Å². The quantitative estimate of drug-likeness (QED) is 0.462. The van der Waals surface area contributed by atoms with Crippen LogP contribution in [0.2, 0.25) is 0 Å². The number of carbonyl (C=O) groups is 1. The topological polar surface area (TPSA) is 92.6 Å². The van der Waals surface area contributed by atoms with Crippen LogP contribution in [0, 0.1) is 0 Å². The fourth-order valence-electron chi connectivity index (χ4n) is 4.22. The van der Waals surface area contributed by atoms with E-state index in [0.29, 0.717) is 11.4 Å². The van der Waals surface area contributed by atoms with E-state index in [-0.39, 0.29) is 11.9 Å². The highest BCUT2D eigenvalue weighted by atomic mass is 32.1. The van der Waals surface area contributed by atoms with E-state index in [1.807, 2.05) is 42.5 Å². The smallest absolute Gasteiger partial charge is 0.266 e. The van der Waals surface area contributed by atoms with E-state index in [4.69, 9.17) is 4.98 Å². The van der Waals surface area contributed by atoms with Gasteiger partial charge >= 0.3 is 0 Å². The minimum Gasteiger partial charge on any atom is -0.348 e. The van der Waals surface area contributed by atoms with E-state index < -0.39 is 0 Å². The van der Waals surface area contributed by atoms with Crippen LogP contribution in [0.4, 0.5) is 0 Å². The van der Waals surface area contributed by atoms with Gasteiger partial charge in [0.25, 0.3) is 5.91 Å². The van der Waals surface area contributed by atoms with Crippen molar-refractivity contribution >= 4 is 28.0 Å². The first kappa shape index (κ1) is 18.9. The number of thiazole rings is 1. The Morgan fingerprint density at radius 2 is 2.00 bits per heavy atom. The molecule has 0 saturated heterocycles. The highest BCUT2D eigenvalue weighted by Gasteiger charge is 2.36. The third-order valence-electron chi connectivity index (χ3n) is 5.79. The lowest BCUT2D eigenvalue weighted by Crippen LogP contribution is -2.40. The molecular formula is C23H19N7OS. The van der Waals surface area contributed by atoms with E-state index in [2.05, 4.69) is 32.2 Å². The van der Waals surface area contributed by atoms with Gasteiger partial charge in [-0.2, -0.15) is 5.10 Å². The summed E-state index contributed by atoms with van der Waals surface area (Å²) < 4.78 is 1.73. The number of H-pyrrole nitrogens is 1. The van der Waals surface area contributed by atoms with Crippen LogP contribution in [-0.4, -0.2) is 47.1 Å². The number of pyridine rings is 1. The molecule has 0 unspecified atom stereocenters. The lowest BCUT2D eigenvalue weighted by atomic mass is 9.98. The number of aryl methyl sites for hydroxylation is 1. The maximum absolute atomic E-state index is 13.6. The molecule has 1 aliphatic rings. The number of benzene rings is 1. The molecule has 1 aromatic carbocycles. The molecule has 32 heavy (non-hydrogen) atoms. The van der Waals surface area contributed by atoms with Crippen LogP contribution in [0.25, 0.3) is 21.3 Å². The number of aromatic amines is 1. The van der Waals surface area contributed by atoms with Crippen LogP contribution in [0.15, 0.2) is 61.4 Å². The summed E-state index contributed by atoms with van der Waals surface area (Å²) in [6.45, 7) is 0.577. The van der Waals surface area contributed by atoms with Crippen molar-refractivity contribution in [3.8, 4) is 10.6 Å². The molecule has 1 amide bonds. The summed E-state index contributed by atoms with van der Waals surface area (Å²) in [6.07, 6.45) is 9.58. The molecule has 4 aromatic heterocycles. The Morgan fingerprint density at radius 3 is 2.84 bits per heavy atom. The van der Waals surface area contributed by atoms with E-state index in [1.165, 1.54) is 11.3 Å². The molecule has 0 aliphatic carbocycles. The minimum atomic E-state index is -0.356. The van der Waals surface area contributed by atoms with Crippen molar-refractivity contribution in [1.29, 1.82) is 0 Å². The molecule has 6 rings (SSSR count). The number of aromatic nitrogens is 6. The third-order valence-corrected chi connectivity index (χ3v) is 6.82. The molecule has 9 heteroatoms. The second kappa shape index (κ2) is 7.38. The summed E-state index contributed by atoms with van der Waals surface area (Å²) in [5.41, 5.74) is 3.61. The summed E-state index contributed by atoms with van der Waals surface area (Å²) in [6, 6.07) is 9.80. The zero-order chi connectivity index (χ0) is 21.7. The van der Waals surface area contributed by atoms with Gasteiger partial charge in [-0.05, 0) is 11.5 Å².